The Kier molecular flexibility index (Phi) is 8.33. The van der Waals surface area contributed by atoms with Gasteiger partial charge in [-0.3, -0.25) is 19.1 Å². The monoisotopic (exact) mass is 784 g/mol. The molecule has 0 radical (unpaired) electrons. The molecule has 0 spiro atoms. The van der Waals surface area contributed by atoms with Crippen LogP contribution in [-0.4, -0.2) is 29.1 Å². The van der Waals surface area contributed by atoms with Crippen molar-refractivity contribution in [3.8, 4) is 57.1 Å². The van der Waals surface area contributed by atoms with Crippen molar-refractivity contribution in [3.63, 3.8) is 0 Å². The molecule has 10 heteroatoms. The van der Waals surface area contributed by atoms with Gasteiger partial charge in [-0.15, -0.1) is 0 Å². The summed E-state index contributed by atoms with van der Waals surface area (Å²) in [6.07, 6.45) is 6.96. The molecule has 0 saturated carbocycles. The van der Waals surface area contributed by atoms with Crippen molar-refractivity contribution in [1.29, 1.82) is 0 Å². The van der Waals surface area contributed by atoms with Crippen LogP contribution >= 0.6 is 0 Å². The lowest BCUT2D eigenvalue weighted by molar-refractivity contribution is 0.483. The van der Waals surface area contributed by atoms with Crippen LogP contribution in [0.25, 0.3) is 77.8 Å². The molecule has 0 fully saturated rings. The first-order chi connectivity index (χ1) is 29.5. The number of hydrogen-bond acceptors (Lipinski definition) is 6. The summed E-state index contributed by atoms with van der Waals surface area (Å²) in [7, 11) is 0. The van der Waals surface area contributed by atoms with E-state index in [1.54, 1.807) is 49.1 Å². The number of pyridine rings is 2. The van der Waals surface area contributed by atoms with Gasteiger partial charge in [0.15, 0.2) is 0 Å². The van der Waals surface area contributed by atoms with E-state index in [2.05, 4.69) is 9.97 Å². The van der Waals surface area contributed by atoms with E-state index in [0.717, 1.165) is 66.4 Å². The van der Waals surface area contributed by atoms with Crippen LogP contribution in [0.2, 0.25) is 0 Å². The fourth-order valence-electron chi connectivity index (χ4n) is 7.87. The minimum Gasteiger partial charge on any atom is -0.457 e. The largest absolute Gasteiger partial charge is 0.457 e. The third-order valence-electron chi connectivity index (χ3n) is 10.5. The molecule has 0 amide bonds. The summed E-state index contributed by atoms with van der Waals surface area (Å²) < 4.78 is 45.6. The highest BCUT2D eigenvalue weighted by Gasteiger charge is 2.17. The summed E-state index contributed by atoms with van der Waals surface area (Å²) in [6, 6.07) is 48.0. The first kappa shape index (κ1) is 35.0. The number of benzene rings is 6. The number of ether oxygens (including phenoxy) is 2. The predicted octanol–water partition coefficient (Wildman–Crippen LogP) is 12.7. The van der Waals surface area contributed by atoms with Crippen LogP contribution in [0.15, 0.2) is 183 Å². The van der Waals surface area contributed by atoms with Crippen molar-refractivity contribution in [3.05, 3.63) is 194 Å². The van der Waals surface area contributed by atoms with E-state index in [9.17, 15) is 8.78 Å². The van der Waals surface area contributed by atoms with E-state index in [4.69, 9.17) is 19.4 Å². The first-order valence-electron chi connectivity index (χ1n) is 19.2. The zero-order valence-electron chi connectivity index (χ0n) is 31.6. The quantitative estimate of drug-likeness (QED) is 0.153. The van der Waals surface area contributed by atoms with Crippen molar-refractivity contribution in [2.45, 2.75) is 0 Å². The molecule has 0 aliphatic heterocycles. The zero-order valence-corrected chi connectivity index (χ0v) is 31.6. The zero-order chi connectivity index (χ0) is 40.2. The Morgan fingerprint density at radius 3 is 1.27 bits per heavy atom. The summed E-state index contributed by atoms with van der Waals surface area (Å²) in [6.45, 7) is 0. The average molecular weight is 785 g/mol. The summed E-state index contributed by atoms with van der Waals surface area (Å²) in [5.74, 6) is 3.34. The molecule has 6 aromatic carbocycles. The molecule has 286 valence electrons. The molecular weight excluding hydrogens is 755 g/mol. The first-order valence-corrected chi connectivity index (χ1v) is 19.2. The topological polar surface area (TPSA) is 79.9 Å². The van der Waals surface area contributed by atoms with Crippen molar-refractivity contribution in [2.24, 2.45) is 0 Å². The van der Waals surface area contributed by atoms with E-state index in [-0.39, 0.29) is 11.6 Å². The lowest BCUT2D eigenvalue weighted by Gasteiger charge is -2.11. The van der Waals surface area contributed by atoms with Crippen molar-refractivity contribution >= 4 is 43.6 Å². The van der Waals surface area contributed by atoms with Crippen molar-refractivity contribution < 1.29 is 18.3 Å². The number of fused-ring (bicyclic) bond motifs is 6. The summed E-state index contributed by atoms with van der Waals surface area (Å²) >= 11 is 0. The smallest absolute Gasteiger partial charge is 0.137 e. The Morgan fingerprint density at radius 1 is 0.367 bits per heavy atom. The predicted molar refractivity (Wildman–Crippen MR) is 230 cm³/mol. The Bertz CT molecular complexity index is 3180. The molecule has 60 heavy (non-hydrogen) atoms. The molecule has 11 aromatic rings. The highest BCUT2D eigenvalue weighted by atomic mass is 19.1. The maximum Gasteiger partial charge on any atom is 0.137 e. The average Bonchev–Trinajstić information content (AvgIpc) is 3.78. The van der Waals surface area contributed by atoms with Crippen LogP contribution < -0.4 is 9.47 Å². The lowest BCUT2D eigenvalue weighted by Crippen LogP contribution is -1.96. The van der Waals surface area contributed by atoms with Crippen LogP contribution in [0.1, 0.15) is 0 Å². The van der Waals surface area contributed by atoms with Gasteiger partial charge in [0.05, 0.1) is 45.8 Å². The number of aromatic nitrogens is 6. The molecule has 0 aliphatic rings. The molecule has 5 heterocycles. The Labute approximate surface area is 341 Å². The van der Waals surface area contributed by atoms with Gasteiger partial charge in [-0.05, 0) is 109 Å². The fraction of sp³-hybridized carbons (Fsp3) is 0. The normalized spacial score (nSPS) is 11.5. The van der Waals surface area contributed by atoms with Gasteiger partial charge in [-0.1, -0.05) is 36.4 Å². The third-order valence-corrected chi connectivity index (χ3v) is 10.5. The van der Waals surface area contributed by atoms with Gasteiger partial charge in [0.1, 0.15) is 46.3 Å². The maximum atomic E-state index is 14.4. The van der Waals surface area contributed by atoms with Gasteiger partial charge in [0, 0.05) is 57.2 Å². The maximum absolute atomic E-state index is 14.4. The molecule has 0 bridgehead atoms. The Hall–Kier alpha value is -8.24. The molecule has 8 nitrogen and oxygen atoms in total. The van der Waals surface area contributed by atoms with Crippen molar-refractivity contribution in [2.75, 3.05) is 0 Å². The Morgan fingerprint density at radius 2 is 0.833 bits per heavy atom. The highest BCUT2D eigenvalue weighted by Crippen LogP contribution is 2.38. The summed E-state index contributed by atoms with van der Waals surface area (Å²) in [5, 5.41) is 3.38. The van der Waals surface area contributed by atoms with E-state index in [1.165, 1.54) is 12.1 Å². The second-order valence-electron chi connectivity index (χ2n) is 14.3. The van der Waals surface area contributed by atoms with Gasteiger partial charge in [0.2, 0.25) is 0 Å². The van der Waals surface area contributed by atoms with Crippen LogP contribution in [-0.2, 0) is 0 Å². The van der Waals surface area contributed by atoms with E-state index in [0.29, 0.717) is 34.4 Å². The molecule has 0 atom stereocenters. The fourth-order valence-corrected chi connectivity index (χ4v) is 7.87. The molecule has 11 rings (SSSR count). The molecule has 5 aromatic heterocycles. The minimum atomic E-state index is -0.299. The molecule has 0 N–H and O–H groups in total. The molecule has 0 aliphatic carbocycles. The van der Waals surface area contributed by atoms with Gasteiger partial charge in [-0.2, -0.15) is 0 Å². The third kappa shape index (κ3) is 6.23. The Balaban J connectivity index is 0.852. The van der Waals surface area contributed by atoms with Crippen LogP contribution in [0, 0.1) is 11.6 Å². The number of rotatable bonds is 8. The van der Waals surface area contributed by atoms with Gasteiger partial charge >= 0.3 is 0 Å². The lowest BCUT2D eigenvalue weighted by atomic mass is 10.1. The molecular formula is C50H30F2N6O2. The number of hydrogen-bond donors (Lipinski definition) is 0. The van der Waals surface area contributed by atoms with E-state index in [1.807, 2.05) is 130 Å². The van der Waals surface area contributed by atoms with E-state index < -0.39 is 0 Å². The number of nitrogens with zero attached hydrogens (tertiary/aromatic N) is 6. The molecule has 0 saturated heterocycles. The molecule has 0 unspecified atom stereocenters. The standard InChI is InChI=1S/C50H30F2N6O2/c51-33-13-19-45-41(25-33)39-17-15-37(27-47(39)57(45)49-11-1-3-21-53-49)59-35-9-5-7-31(23-35)43-29-56-44(30-55-43)32-8-6-10-36(24-32)60-38-16-18-40-42-26-34(52)14-20-46(42)58(48(40)28-38)50-12-2-4-22-54-50/h1-30H. The van der Waals surface area contributed by atoms with Gasteiger partial charge in [0.25, 0.3) is 0 Å². The van der Waals surface area contributed by atoms with Crippen LogP contribution in [0.4, 0.5) is 8.78 Å². The van der Waals surface area contributed by atoms with Crippen LogP contribution in [0.3, 0.4) is 0 Å². The number of halogens is 2. The SMILES string of the molecule is Fc1ccc2c(c1)c1ccc(Oc3cccc(-c4cnc(-c5cccc(Oc6ccc7c8cc(F)ccc8n(-c8ccccn8)c7c6)c5)cn4)c3)cc1n2-c1ccccn1. The highest BCUT2D eigenvalue weighted by molar-refractivity contribution is 6.10. The van der Waals surface area contributed by atoms with Crippen LogP contribution in [0.5, 0.6) is 23.0 Å². The second-order valence-corrected chi connectivity index (χ2v) is 14.3. The van der Waals surface area contributed by atoms with Gasteiger partial charge in [-0.25, -0.2) is 18.7 Å². The summed E-state index contributed by atoms with van der Waals surface area (Å²) in [4.78, 5) is 18.7. The minimum absolute atomic E-state index is 0.299. The second kappa shape index (κ2) is 14.3. The van der Waals surface area contributed by atoms with Gasteiger partial charge < -0.3 is 9.47 Å². The summed E-state index contributed by atoms with van der Waals surface area (Å²) in [5.41, 5.74) is 6.44. The van der Waals surface area contributed by atoms with Crippen molar-refractivity contribution in [1.82, 2.24) is 29.1 Å². The van der Waals surface area contributed by atoms with E-state index >= 15 is 0 Å².